The summed E-state index contributed by atoms with van der Waals surface area (Å²) < 4.78 is 10.3. The van der Waals surface area contributed by atoms with Gasteiger partial charge in [-0.15, -0.1) is 0 Å². The quantitative estimate of drug-likeness (QED) is 0.825. The van der Waals surface area contributed by atoms with Gasteiger partial charge in [0.1, 0.15) is 0 Å². The fourth-order valence-electron chi connectivity index (χ4n) is 1.81. The third-order valence-electron chi connectivity index (χ3n) is 2.80. The summed E-state index contributed by atoms with van der Waals surface area (Å²) in [6, 6.07) is 8.01. The third-order valence-corrected chi connectivity index (χ3v) is 2.80. The van der Waals surface area contributed by atoms with Gasteiger partial charge in [-0.3, -0.25) is 0 Å². The smallest absolute Gasteiger partial charge is 0.229 e. The summed E-state index contributed by atoms with van der Waals surface area (Å²) in [7, 11) is 5.20. The van der Waals surface area contributed by atoms with Crippen LogP contribution in [0.4, 0.5) is 11.6 Å². The standard InChI is InChI=1S/C14H17N3O2/c1-17(14-15-8-12(19-3)9-16-14)13-7-5-4-6-11(13)10-18-2/h4-9H,10H2,1-3H3. The van der Waals surface area contributed by atoms with E-state index in [1.165, 1.54) is 0 Å². The molecule has 0 amide bonds. The summed E-state index contributed by atoms with van der Waals surface area (Å²) in [5.74, 6) is 1.26. The molecule has 0 bridgehead atoms. The van der Waals surface area contributed by atoms with E-state index >= 15 is 0 Å². The highest BCUT2D eigenvalue weighted by Crippen LogP contribution is 2.25. The van der Waals surface area contributed by atoms with E-state index in [-0.39, 0.29) is 0 Å². The van der Waals surface area contributed by atoms with Crippen molar-refractivity contribution in [2.45, 2.75) is 6.61 Å². The molecule has 0 aliphatic rings. The Bertz CT molecular complexity index is 528. The number of ether oxygens (including phenoxy) is 2. The molecule has 5 nitrogen and oxygen atoms in total. The van der Waals surface area contributed by atoms with Gasteiger partial charge in [-0.25, -0.2) is 9.97 Å². The number of hydrogen-bond acceptors (Lipinski definition) is 5. The zero-order chi connectivity index (χ0) is 13.7. The van der Waals surface area contributed by atoms with Crippen LogP contribution in [0.1, 0.15) is 5.56 Å². The van der Waals surface area contributed by atoms with Crippen molar-refractivity contribution in [1.29, 1.82) is 0 Å². The minimum Gasteiger partial charge on any atom is -0.494 e. The lowest BCUT2D eigenvalue weighted by atomic mass is 10.2. The van der Waals surface area contributed by atoms with Crippen LogP contribution >= 0.6 is 0 Å². The Balaban J connectivity index is 2.29. The molecule has 0 saturated carbocycles. The van der Waals surface area contributed by atoms with Crippen molar-refractivity contribution in [3.63, 3.8) is 0 Å². The molecule has 0 atom stereocenters. The molecule has 1 aromatic carbocycles. The fourth-order valence-corrected chi connectivity index (χ4v) is 1.81. The molecule has 100 valence electrons. The number of methoxy groups -OCH3 is 2. The maximum Gasteiger partial charge on any atom is 0.229 e. The van der Waals surface area contributed by atoms with Crippen LogP contribution in [-0.2, 0) is 11.3 Å². The van der Waals surface area contributed by atoms with Gasteiger partial charge in [-0.05, 0) is 6.07 Å². The summed E-state index contributed by atoms with van der Waals surface area (Å²) in [4.78, 5) is 10.5. The Kier molecular flexibility index (Phi) is 4.30. The van der Waals surface area contributed by atoms with Crippen LogP contribution in [0.15, 0.2) is 36.7 Å². The highest BCUT2D eigenvalue weighted by Gasteiger charge is 2.11. The maximum atomic E-state index is 5.20. The van der Waals surface area contributed by atoms with Gasteiger partial charge in [0.15, 0.2) is 5.75 Å². The molecule has 0 radical (unpaired) electrons. The van der Waals surface area contributed by atoms with E-state index in [0.29, 0.717) is 18.3 Å². The Morgan fingerprint density at radius 1 is 1.11 bits per heavy atom. The molecule has 1 aromatic heterocycles. The second-order valence-electron chi connectivity index (χ2n) is 4.04. The molecule has 5 heteroatoms. The molecular weight excluding hydrogens is 242 g/mol. The molecule has 19 heavy (non-hydrogen) atoms. The van der Waals surface area contributed by atoms with Crippen molar-refractivity contribution in [2.24, 2.45) is 0 Å². The number of anilines is 2. The zero-order valence-electron chi connectivity index (χ0n) is 11.3. The van der Waals surface area contributed by atoms with Crippen LogP contribution in [-0.4, -0.2) is 31.2 Å². The van der Waals surface area contributed by atoms with E-state index in [4.69, 9.17) is 9.47 Å². The van der Waals surface area contributed by atoms with Crippen LogP contribution < -0.4 is 9.64 Å². The largest absolute Gasteiger partial charge is 0.494 e. The first-order valence-electron chi connectivity index (χ1n) is 5.93. The molecule has 2 aromatic rings. The van der Waals surface area contributed by atoms with Crippen molar-refractivity contribution in [3.8, 4) is 5.75 Å². The van der Waals surface area contributed by atoms with Crippen molar-refractivity contribution in [2.75, 3.05) is 26.2 Å². The zero-order valence-corrected chi connectivity index (χ0v) is 11.3. The van der Waals surface area contributed by atoms with E-state index in [2.05, 4.69) is 9.97 Å². The van der Waals surface area contributed by atoms with Gasteiger partial charge in [0.2, 0.25) is 5.95 Å². The number of aromatic nitrogens is 2. The van der Waals surface area contributed by atoms with E-state index in [0.717, 1.165) is 11.3 Å². The molecule has 2 rings (SSSR count). The van der Waals surface area contributed by atoms with Crippen LogP contribution in [0.2, 0.25) is 0 Å². The highest BCUT2D eigenvalue weighted by molar-refractivity contribution is 5.60. The normalized spacial score (nSPS) is 10.3. The maximum absolute atomic E-state index is 5.20. The highest BCUT2D eigenvalue weighted by atomic mass is 16.5. The molecule has 0 unspecified atom stereocenters. The van der Waals surface area contributed by atoms with E-state index in [1.54, 1.807) is 26.6 Å². The summed E-state index contributed by atoms with van der Waals surface area (Å²) in [5.41, 5.74) is 2.11. The van der Waals surface area contributed by atoms with Crippen LogP contribution in [0.5, 0.6) is 5.75 Å². The van der Waals surface area contributed by atoms with Crippen LogP contribution in [0.25, 0.3) is 0 Å². The van der Waals surface area contributed by atoms with Crippen LogP contribution in [0, 0.1) is 0 Å². The summed E-state index contributed by atoms with van der Waals surface area (Å²) in [6.07, 6.45) is 3.30. The van der Waals surface area contributed by atoms with Gasteiger partial charge >= 0.3 is 0 Å². The van der Waals surface area contributed by atoms with Gasteiger partial charge in [0.25, 0.3) is 0 Å². The van der Waals surface area contributed by atoms with Gasteiger partial charge in [-0.2, -0.15) is 0 Å². The third kappa shape index (κ3) is 3.00. The lowest BCUT2D eigenvalue weighted by Crippen LogP contribution is -2.15. The molecule has 0 spiro atoms. The number of para-hydroxylation sites is 1. The lowest BCUT2D eigenvalue weighted by molar-refractivity contribution is 0.185. The van der Waals surface area contributed by atoms with Crippen molar-refractivity contribution in [1.82, 2.24) is 9.97 Å². The second kappa shape index (κ2) is 6.15. The summed E-state index contributed by atoms with van der Waals surface area (Å²) in [6.45, 7) is 0.552. The predicted molar refractivity (Wildman–Crippen MR) is 73.8 cm³/mol. The first-order chi connectivity index (χ1) is 9.26. The molecule has 0 aliphatic carbocycles. The van der Waals surface area contributed by atoms with Crippen LogP contribution in [0.3, 0.4) is 0 Å². The molecule has 0 N–H and O–H groups in total. The van der Waals surface area contributed by atoms with Crippen molar-refractivity contribution < 1.29 is 9.47 Å². The first-order valence-corrected chi connectivity index (χ1v) is 5.93. The molecule has 0 fully saturated rings. The van der Waals surface area contributed by atoms with E-state index in [9.17, 15) is 0 Å². The summed E-state index contributed by atoms with van der Waals surface area (Å²) >= 11 is 0. The number of hydrogen-bond donors (Lipinski definition) is 0. The SMILES string of the molecule is COCc1ccccc1N(C)c1ncc(OC)cn1. The van der Waals surface area contributed by atoms with Crippen molar-refractivity contribution in [3.05, 3.63) is 42.2 Å². The van der Waals surface area contributed by atoms with Gasteiger partial charge in [-0.1, -0.05) is 18.2 Å². The number of benzene rings is 1. The summed E-state index contributed by atoms with van der Waals surface area (Å²) in [5, 5.41) is 0. The molecule has 1 heterocycles. The first kappa shape index (κ1) is 13.3. The average Bonchev–Trinajstić information content (AvgIpc) is 2.47. The average molecular weight is 259 g/mol. The van der Waals surface area contributed by atoms with Gasteiger partial charge < -0.3 is 14.4 Å². The minimum absolute atomic E-state index is 0.552. The minimum atomic E-state index is 0.552. The van der Waals surface area contributed by atoms with E-state index < -0.39 is 0 Å². The molecule has 0 saturated heterocycles. The van der Waals surface area contributed by atoms with Gasteiger partial charge in [0, 0.05) is 25.4 Å². The Hall–Kier alpha value is -2.14. The van der Waals surface area contributed by atoms with Crippen molar-refractivity contribution >= 4 is 11.6 Å². The second-order valence-corrected chi connectivity index (χ2v) is 4.04. The lowest BCUT2D eigenvalue weighted by Gasteiger charge is -2.20. The Labute approximate surface area is 112 Å². The number of nitrogens with zero attached hydrogens (tertiary/aromatic N) is 3. The van der Waals surface area contributed by atoms with E-state index in [1.807, 2.05) is 36.2 Å². The monoisotopic (exact) mass is 259 g/mol. The van der Waals surface area contributed by atoms with Gasteiger partial charge in [0.05, 0.1) is 26.1 Å². The fraction of sp³-hybridized carbons (Fsp3) is 0.286. The molecule has 0 aliphatic heterocycles. The molecular formula is C14H17N3O2. The predicted octanol–water partition coefficient (Wildman–Crippen LogP) is 2.40. The Morgan fingerprint density at radius 3 is 2.42 bits per heavy atom. The topological polar surface area (TPSA) is 47.5 Å². The number of rotatable bonds is 5. The Morgan fingerprint density at radius 2 is 1.79 bits per heavy atom.